The molecule has 230 valence electrons. The number of hydrogen-bond donors (Lipinski definition) is 8. The van der Waals surface area contributed by atoms with E-state index in [-0.39, 0.29) is 30.8 Å². The summed E-state index contributed by atoms with van der Waals surface area (Å²) in [5.41, 5.74) is 6.83. The first-order chi connectivity index (χ1) is 19.4. The third kappa shape index (κ3) is 12.9. The molecule has 0 aliphatic heterocycles. The Kier molecular flexibility index (Phi) is 12.4. The highest BCUT2D eigenvalue weighted by Gasteiger charge is 2.29. The fourth-order valence-corrected chi connectivity index (χ4v) is 4.56. The van der Waals surface area contributed by atoms with E-state index < -0.39 is 70.1 Å². The molecule has 16 nitrogen and oxygen atoms in total. The molecule has 0 saturated carbocycles. The highest BCUT2D eigenvalue weighted by Crippen LogP contribution is 2.38. The first-order valence-electron chi connectivity index (χ1n) is 12.1. The van der Waals surface area contributed by atoms with Crippen molar-refractivity contribution in [1.29, 1.82) is 0 Å². The fraction of sp³-hybridized carbons (Fsp3) is 0.333. The monoisotopic (exact) mass is 632 g/mol. The highest BCUT2D eigenvalue weighted by molar-refractivity contribution is 7.47. The maximum absolute atomic E-state index is 13.0. The number of hydrogen-bond acceptors (Lipinski definition) is 9. The van der Waals surface area contributed by atoms with Crippen molar-refractivity contribution in [3.8, 4) is 11.5 Å². The highest BCUT2D eigenvalue weighted by atomic mass is 31.2. The van der Waals surface area contributed by atoms with Gasteiger partial charge in [-0.25, -0.2) is 9.13 Å². The Balaban J connectivity index is 2.08. The van der Waals surface area contributed by atoms with Crippen molar-refractivity contribution in [2.45, 2.75) is 44.2 Å². The van der Waals surface area contributed by atoms with E-state index in [0.717, 1.165) is 0 Å². The van der Waals surface area contributed by atoms with E-state index in [9.17, 15) is 33.4 Å². The standard InChI is InChI=1S/C24H30N2O14P2/c25-19(12-15-3-7-18(8-4-15)40-42(36,37)38)23(30)26-20(9-10-22(28)29)21(27)13-16(24(31)32)11-14-1-5-17(6-2-14)39-41(33,34)35/h1-8,16,19-20H,9-13,25H2,(H,26,30)(H,28,29)(H,31,32)(H2,33,34,35)(H2,36,37,38). The molecule has 9 N–H and O–H groups in total. The lowest BCUT2D eigenvalue weighted by Crippen LogP contribution is -2.49. The van der Waals surface area contributed by atoms with Gasteiger partial charge in [-0.15, -0.1) is 0 Å². The predicted octanol–water partition coefficient (Wildman–Crippen LogP) is 0.752. The van der Waals surface area contributed by atoms with Crippen LogP contribution in [0.3, 0.4) is 0 Å². The van der Waals surface area contributed by atoms with Crippen molar-refractivity contribution in [3.63, 3.8) is 0 Å². The van der Waals surface area contributed by atoms with E-state index in [2.05, 4.69) is 14.4 Å². The molecule has 0 aliphatic rings. The Labute approximate surface area is 238 Å². The summed E-state index contributed by atoms with van der Waals surface area (Å²) >= 11 is 0. The van der Waals surface area contributed by atoms with E-state index in [0.29, 0.717) is 11.1 Å². The lowest BCUT2D eigenvalue weighted by atomic mass is 9.91. The van der Waals surface area contributed by atoms with Crippen LogP contribution in [0.5, 0.6) is 11.5 Å². The zero-order valence-corrected chi connectivity index (χ0v) is 23.6. The first-order valence-corrected chi connectivity index (χ1v) is 15.2. The summed E-state index contributed by atoms with van der Waals surface area (Å²) in [6, 6.07) is 7.89. The van der Waals surface area contributed by atoms with Gasteiger partial charge in [-0.1, -0.05) is 24.3 Å². The van der Waals surface area contributed by atoms with Gasteiger partial charge in [-0.05, 0) is 54.7 Å². The Hall–Kier alpha value is -3.62. The van der Waals surface area contributed by atoms with Crippen molar-refractivity contribution in [1.82, 2.24) is 5.32 Å². The van der Waals surface area contributed by atoms with E-state index in [1.807, 2.05) is 0 Å². The Morgan fingerprint density at radius 3 is 1.64 bits per heavy atom. The van der Waals surface area contributed by atoms with Gasteiger partial charge in [0.1, 0.15) is 11.5 Å². The number of carbonyl (C=O) groups is 4. The number of nitrogens with two attached hydrogens (primary N) is 1. The average Bonchev–Trinajstić information content (AvgIpc) is 2.86. The number of benzene rings is 2. The number of aliphatic carboxylic acids is 2. The number of phosphoric acid groups is 2. The van der Waals surface area contributed by atoms with Crippen molar-refractivity contribution in [2.24, 2.45) is 11.7 Å². The van der Waals surface area contributed by atoms with Crippen LogP contribution >= 0.6 is 15.6 Å². The van der Waals surface area contributed by atoms with Gasteiger partial charge in [-0.2, -0.15) is 0 Å². The van der Waals surface area contributed by atoms with Gasteiger partial charge >= 0.3 is 27.6 Å². The molecule has 0 aliphatic carbocycles. The molecule has 0 saturated heterocycles. The zero-order valence-electron chi connectivity index (χ0n) is 21.8. The Morgan fingerprint density at radius 1 is 0.786 bits per heavy atom. The van der Waals surface area contributed by atoms with Gasteiger partial charge < -0.3 is 30.3 Å². The summed E-state index contributed by atoms with van der Waals surface area (Å²) in [4.78, 5) is 84.3. The third-order valence-corrected chi connectivity index (χ3v) is 6.62. The summed E-state index contributed by atoms with van der Waals surface area (Å²) in [7, 11) is -9.55. The van der Waals surface area contributed by atoms with Crippen LogP contribution in [0.2, 0.25) is 0 Å². The summed E-state index contributed by atoms with van der Waals surface area (Å²) in [6.07, 6.45) is -1.65. The van der Waals surface area contributed by atoms with Crippen LogP contribution in [0.15, 0.2) is 48.5 Å². The second kappa shape index (κ2) is 15.0. The molecule has 2 aromatic rings. The summed E-state index contributed by atoms with van der Waals surface area (Å²) < 4.78 is 30.7. The lowest BCUT2D eigenvalue weighted by Gasteiger charge is -2.21. The minimum Gasteiger partial charge on any atom is -0.481 e. The number of carbonyl (C=O) groups excluding carboxylic acids is 2. The maximum atomic E-state index is 13.0. The van der Waals surface area contributed by atoms with Crippen LogP contribution in [-0.2, 0) is 41.1 Å². The first kappa shape index (κ1) is 34.6. The molecule has 0 heterocycles. The van der Waals surface area contributed by atoms with Gasteiger partial charge in [0.25, 0.3) is 0 Å². The molecule has 0 spiro atoms. The normalized spacial score (nSPS) is 13.8. The molecular weight excluding hydrogens is 602 g/mol. The van der Waals surface area contributed by atoms with Crippen LogP contribution in [0.4, 0.5) is 0 Å². The van der Waals surface area contributed by atoms with Crippen LogP contribution in [0.1, 0.15) is 30.4 Å². The van der Waals surface area contributed by atoms with Gasteiger partial charge in [0.2, 0.25) is 5.91 Å². The lowest BCUT2D eigenvalue weighted by molar-refractivity contribution is -0.144. The summed E-state index contributed by atoms with van der Waals surface area (Å²) in [5.74, 6) is -5.72. The smallest absolute Gasteiger partial charge is 0.481 e. The number of phosphoric ester groups is 2. The molecule has 3 atom stereocenters. The number of ketones is 1. The molecule has 0 bridgehead atoms. The fourth-order valence-electron chi connectivity index (χ4n) is 3.77. The van der Waals surface area contributed by atoms with E-state index in [1.54, 1.807) is 0 Å². The molecule has 18 heteroatoms. The van der Waals surface area contributed by atoms with Crippen molar-refractivity contribution >= 4 is 39.3 Å². The largest absolute Gasteiger partial charge is 0.524 e. The third-order valence-electron chi connectivity index (χ3n) is 5.72. The van der Waals surface area contributed by atoms with E-state index >= 15 is 0 Å². The number of nitrogens with one attached hydrogen (secondary N) is 1. The molecule has 0 aromatic heterocycles. The predicted molar refractivity (Wildman–Crippen MR) is 143 cm³/mol. The second-order valence-corrected chi connectivity index (χ2v) is 11.5. The molecular formula is C24H30N2O14P2. The summed E-state index contributed by atoms with van der Waals surface area (Å²) in [5, 5.41) is 21.1. The van der Waals surface area contributed by atoms with Crippen molar-refractivity contribution < 1.29 is 67.1 Å². The van der Waals surface area contributed by atoms with Crippen LogP contribution in [0, 0.1) is 5.92 Å². The molecule has 2 rings (SSSR count). The SMILES string of the molecule is NC(Cc1ccc(OP(=O)(O)O)cc1)C(=O)NC(CCC(=O)O)C(=O)CC(Cc1ccc(OP(=O)(O)O)cc1)C(=O)O. The van der Waals surface area contributed by atoms with Gasteiger partial charge in [-0.3, -0.25) is 38.8 Å². The number of rotatable bonds is 17. The number of Topliss-reactive ketones (excluding diaryl/α,β-unsaturated/α-hetero) is 1. The Bertz CT molecular complexity index is 1350. The number of carboxylic acid groups (broad SMARTS) is 2. The van der Waals surface area contributed by atoms with Crippen molar-refractivity contribution in [2.75, 3.05) is 0 Å². The number of carboxylic acids is 2. The van der Waals surface area contributed by atoms with Gasteiger partial charge in [0, 0.05) is 12.8 Å². The van der Waals surface area contributed by atoms with Crippen LogP contribution in [0.25, 0.3) is 0 Å². The molecule has 2 aromatic carbocycles. The van der Waals surface area contributed by atoms with Crippen LogP contribution in [-0.4, -0.2) is 65.5 Å². The topological polar surface area (TPSA) is 280 Å². The molecule has 0 fully saturated rings. The van der Waals surface area contributed by atoms with Gasteiger partial charge in [0.15, 0.2) is 5.78 Å². The minimum absolute atomic E-state index is 0.0681. The quantitative estimate of drug-likeness (QED) is 0.112. The number of amides is 1. The maximum Gasteiger partial charge on any atom is 0.524 e. The Morgan fingerprint density at radius 2 is 1.24 bits per heavy atom. The zero-order chi connectivity index (χ0) is 31.7. The molecule has 3 unspecified atom stereocenters. The van der Waals surface area contributed by atoms with Gasteiger partial charge in [0.05, 0.1) is 18.0 Å². The average molecular weight is 632 g/mol. The van der Waals surface area contributed by atoms with Crippen molar-refractivity contribution in [3.05, 3.63) is 59.7 Å². The van der Waals surface area contributed by atoms with Crippen LogP contribution < -0.4 is 20.1 Å². The molecule has 0 radical (unpaired) electrons. The molecule has 1 amide bonds. The second-order valence-electron chi connectivity index (χ2n) is 9.17. The minimum atomic E-state index is -4.79. The van der Waals surface area contributed by atoms with E-state index in [1.165, 1.54) is 48.5 Å². The molecule has 42 heavy (non-hydrogen) atoms. The van der Waals surface area contributed by atoms with E-state index in [4.69, 9.17) is 30.4 Å². The summed E-state index contributed by atoms with van der Waals surface area (Å²) in [6.45, 7) is 0.